The third kappa shape index (κ3) is 10.1. The molecule has 3 N–H and O–H groups in total. The second-order valence-electron chi connectivity index (χ2n) is 5.38. The van der Waals surface area contributed by atoms with Crippen LogP contribution >= 0.6 is 0 Å². The molecule has 1 aromatic carbocycles. The van der Waals surface area contributed by atoms with Gasteiger partial charge in [0.15, 0.2) is 0 Å². The lowest BCUT2D eigenvalue weighted by Gasteiger charge is -2.09. The van der Waals surface area contributed by atoms with Crippen molar-refractivity contribution in [2.75, 3.05) is 71.3 Å². The number of hydrogen-bond donors (Lipinski definition) is 2. The number of nitro groups is 2. The van der Waals surface area contributed by atoms with Crippen LogP contribution in [0.2, 0.25) is 0 Å². The Morgan fingerprint density at radius 2 is 1.36 bits per heavy atom. The van der Waals surface area contributed by atoms with Crippen molar-refractivity contribution in [1.29, 1.82) is 0 Å². The van der Waals surface area contributed by atoms with Crippen molar-refractivity contribution >= 4 is 17.1 Å². The average molecular weight is 402 g/mol. The maximum Gasteiger partial charge on any atom is 0.299 e. The average Bonchev–Trinajstić information content (AvgIpc) is 2.68. The van der Waals surface area contributed by atoms with Gasteiger partial charge in [0, 0.05) is 19.2 Å². The summed E-state index contributed by atoms with van der Waals surface area (Å²) in [5.41, 5.74) is 4.79. The van der Waals surface area contributed by atoms with Crippen LogP contribution < -0.4 is 11.1 Å². The van der Waals surface area contributed by atoms with Gasteiger partial charge in [0.05, 0.1) is 68.8 Å². The summed E-state index contributed by atoms with van der Waals surface area (Å²) in [5.74, 6) is 0. The van der Waals surface area contributed by atoms with Gasteiger partial charge >= 0.3 is 0 Å². The first kappa shape index (κ1) is 23.7. The van der Waals surface area contributed by atoms with Crippen molar-refractivity contribution < 1.29 is 28.8 Å². The van der Waals surface area contributed by atoms with Crippen LogP contribution in [0.4, 0.5) is 17.1 Å². The number of ether oxygens (including phenoxy) is 4. The molecule has 0 amide bonds. The number of non-ortho nitro benzene ring substituents is 1. The van der Waals surface area contributed by atoms with Gasteiger partial charge in [0.25, 0.3) is 11.4 Å². The standard InChI is InChI=1S/C16H26N4O8/c17-3-5-25-7-9-27-11-12-28-10-8-26-6-4-18-15-2-1-14(19(21)22)13-16(15)20(23)24/h1-2,13,18H,3-12,17H2. The largest absolute Gasteiger partial charge is 0.378 e. The zero-order valence-electron chi connectivity index (χ0n) is 15.5. The number of nitro benzene ring substituents is 2. The van der Waals surface area contributed by atoms with Gasteiger partial charge in [-0.2, -0.15) is 0 Å². The van der Waals surface area contributed by atoms with E-state index < -0.39 is 9.85 Å². The van der Waals surface area contributed by atoms with Crippen molar-refractivity contribution in [3.63, 3.8) is 0 Å². The van der Waals surface area contributed by atoms with Crippen molar-refractivity contribution in [2.45, 2.75) is 0 Å². The smallest absolute Gasteiger partial charge is 0.299 e. The number of hydrogen-bond acceptors (Lipinski definition) is 10. The van der Waals surface area contributed by atoms with Crippen LogP contribution in [0, 0.1) is 20.2 Å². The first-order chi connectivity index (χ1) is 13.6. The topological polar surface area (TPSA) is 161 Å². The zero-order valence-corrected chi connectivity index (χ0v) is 15.5. The fraction of sp³-hybridized carbons (Fsp3) is 0.625. The van der Waals surface area contributed by atoms with Crippen molar-refractivity contribution in [2.24, 2.45) is 5.73 Å². The number of nitrogens with one attached hydrogen (secondary N) is 1. The van der Waals surface area contributed by atoms with Crippen LogP contribution in [-0.2, 0) is 18.9 Å². The van der Waals surface area contributed by atoms with Gasteiger partial charge in [-0.3, -0.25) is 20.2 Å². The second kappa shape index (κ2) is 14.6. The molecule has 0 saturated heterocycles. The fourth-order valence-electron chi connectivity index (χ4n) is 2.04. The summed E-state index contributed by atoms with van der Waals surface area (Å²) in [6.45, 7) is 4.25. The van der Waals surface area contributed by atoms with Gasteiger partial charge in [-0.25, -0.2) is 0 Å². The van der Waals surface area contributed by atoms with Crippen LogP contribution in [0.15, 0.2) is 18.2 Å². The van der Waals surface area contributed by atoms with Crippen LogP contribution in [0.1, 0.15) is 0 Å². The molecule has 0 spiro atoms. The summed E-state index contributed by atoms with van der Waals surface area (Å²) in [6, 6.07) is 3.43. The Labute approximate surface area is 162 Å². The predicted molar refractivity (Wildman–Crippen MR) is 101 cm³/mol. The summed E-state index contributed by atoms with van der Waals surface area (Å²) in [5, 5.41) is 24.5. The highest BCUT2D eigenvalue weighted by Gasteiger charge is 2.18. The lowest BCUT2D eigenvalue weighted by molar-refractivity contribution is -0.393. The molecular weight excluding hydrogens is 376 g/mol. The Morgan fingerprint density at radius 3 is 1.86 bits per heavy atom. The second-order valence-corrected chi connectivity index (χ2v) is 5.38. The molecule has 0 aliphatic rings. The van der Waals surface area contributed by atoms with E-state index in [2.05, 4.69) is 5.32 Å². The third-order valence-corrected chi connectivity index (χ3v) is 3.33. The van der Waals surface area contributed by atoms with E-state index in [0.29, 0.717) is 65.9 Å². The normalized spacial score (nSPS) is 10.8. The fourth-order valence-corrected chi connectivity index (χ4v) is 2.04. The molecule has 0 atom stereocenters. The summed E-state index contributed by atoms with van der Waals surface area (Å²) in [4.78, 5) is 20.4. The lowest BCUT2D eigenvalue weighted by Crippen LogP contribution is -2.15. The van der Waals surface area contributed by atoms with E-state index in [0.717, 1.165) is 6.07 Å². The Morgan fingerprint density at radius 1 is 0.821 bits per heavy atom. The number of benzene rings is 1. The van der Waals surface area contributed by atoms with E-state index in [1.807, 2.05) is 0 Å². The zero-order chi connectivity index (χ0) is 20.6. The van der Waals surface area contributed by atoms with E-state index >= 15 is 0 Å². The Balaban J connectivity index is 2.07. The molecule has 0 aromatic heterocycles. The molecule has 0 heterocycles. The highest BCUT2D eigenvalue weighted by Crippen LogP contribution is 2.28. The highest BCUT2D eigenvalue weighted by molar-refractivity contribution is 5.65. The Kier molecular flexibility index (Phi) is 12.4. The van der Waals surface area contributed by atoms with Crippen LogP contribution in [-0.4, -0.2) is 75.8 Å². The van der Waals surface area contributed by atoms with Crippen molar-refractivity contribution in [3.8, 4) is 0 Å². The Hall–Kier alpha value is -2.38. The van der Waals surface area contributed by atoms with Crippen LogP contribution in [0.5, 0.6) is 0 Å². The molecule has 12 nitrogen and oxygen atoms in total. The molecule has 12 heteroatoms. The molecule has 28 heavy (non-hydrogen) atoms. The lowest BCUT2D eigenvalue weighted by atomic mass is 10.2. The molecule has 0 fully saturated rings. The van der Waals surface area contributed by atoms with Crippen LogP contribution in [0.3, 0.4) is 0 Å². The molecule has 1 aromatic rings. The van der Waals surface area contributed by atoms with E-state index in [-0.39, 0.29) is 17.1 Å². The minimum absolute atomic E-state index is 0.197. The number of rotatable bonds is 17. The molecule has 0 aliphatic heterocycles. The molecule has 0 bridgehead atoms. The molecule has 0 radical (unpaired) electrons. The first-order valence-electron chi connectivity index (χ1n) is 8.74. The quantitative estimate of drug-likeness (QED) is 0.218. The predicted octanol–water partition coefficient (Wildman–Crippen LogP) is 0.940. The van der Waals surface area contributed by atoms with Gasteiger partial charge < -0.3 is 30.0 Å². The maximum absolute atomic E-state index is 11.0. The summed E-state index contributed by atoms with van der Waals surface area (Å²) >= 11 is 0. The summed E-state index contributed by atoms with van der Waals surface area (Å²) in [6.07, 6.45) is 0. The summed E-state index contributed by atoms with van der Waals surface area (Å²) < 4.78 is 21.1. The van der Waals surface area contributed by atoms with E-state index in [1.165, 1.54) is 12.1 Å². The van der Waals surface area contributed by atoms with Gasteiger partial charge in [-0.1, -0.05) is 0 Å². The summed E-state index contributed by atoms with van der Waals surface area (Å²) in [7, 11) is 0. The monoisotopic (exact) mass is 402 g/mol. The van der Waals surface area contributed by atoms with Gasteiger partial charge in [0.2, 0.25) is 0 Å². The first-order valence-corrected chi connectivity index (χ1v) is 8.74. The molecule has 0 saturated carbocycles. The highest BCUT2D eigenvalue weighted by atomic mass is 16.6. The van der Waals surface area contributed by atoms with Crippen molar-refractivity contribution in [3.05, 3.63) is 38.4 Å². The molecule has 158 valence electrons. The van der Waals surface area contributed by atoms with Gasteiger partial charge in [-0.05, 0) is 6.07 Å². The number of anilines is 1. The molecular formula is C16H26N4O8. The molecule has 0 aliphatic carbocycles. The third-order valence-electron chi connectivity index (χ3n) is 3.33. The van der Waals surface area contributed by atoms with E-state index in [4.69, 9.17) is 24.7 Å². The Bertz CT molecular complexity index is 602. The minimum Gasteiger partial charge on any atom is -0.378 e. The molecule has 1 rings (SSSR count). The van der Waals surface area contributed by atoms with Crippen molar-refractivity contribution in [1.82, 2.24) is 0 Å². The number of nitrogens with zero attached hydrogens (tertiary/aromatic N) is 2. The minimum atomic E-state index is -0.680. The van der Waals surface area contributed by atoms with E-state index in [1.54, 1.807) is 0 Å². The molecule has 0 unspecified atom stereocenters. The van der Waals surface area contributed by atoms with Crippen LogP contribution in [0.25, 0.3) is 0 Å². The SMILES string of the molecule is NCCOCCOCCOCCOCCNc1ccc([N+](=O)[O-])cc1[N+](=O)[O-]. The van der Waals surface area contributed by atoms with E-state index in [9.17, 15) is 20.2 Å². The maximum atomic E-state index is 11.0. The number of nitrogens with two attached hydrogens (primary N) is 1. The van der Waals surface area contributed by atoms with Gasteiger partial charge in [0.1, 0.15) is 5.69 Å². The van der Waals surface area contributed by atoms with Gasteiger partial charge in [-0.15, -0.1) is 0 Å².